The van der Waals surface area contributed by atoms with Crippen LogP contribution in [0.4, 0.5) is 10.1 Å². The van der Waals surface area contributed by atoms with Crippen LogP contribution in [0.1, 0.15) is 16.7 Å². The van der Waals surface area contributed by atoms with E-state index in [0.29, 0.717) is 27.4 Å². The highest BCUT2D eigenvalue weighted by atomic mass is 35.5. The first-order chi connectivity index (χ1) is 11.0. The number of carbonyl (C=O) groups is 1. The number of carbonyl (C=O) groups excluding carboxylic acids is 1. The zero-order chi connectivity index (χ0) is 16.8. The molecule has 1 amide bonds. The lowest BCUT2D eigenvalue weighted by Gasteiger charge is -2.10. The van der Waals surface area contributed by atoms with E-state index in [1.165, 1.54) is 6.07 Å². The molecule has 0 saturated carbocycles. The monoisotopic (exact) mass is 336 g/mol. The van der Waals surface area contributed by atoms with Crippen LogP contribution in [-0.2, 0) is 17.9 Å². The molecule has 0 bridgehead atoms. The molecule has 2 aromatic rings. The normalized spacial score (nSPS) is 10.4. The minimum atomic E-state index is -0.289. The maximum absolute atomic E-state index is 13.4. The summed E-state index contributed by atoms with van der Waals surface area (Å²) in [4.78, 5) is 11.8. The van der Waals surface area contributed by atoms with E-state index in [2.05, 4.69) is 10.6 Å². The first kappa shape index (κ1) is 17.2. The van der Waals surface area contributed by atoms with Crippen LogP contribution in [0.5, 0.6) is 0 Å². The molecule has 0 aliphatic rings. The zero-order valence-corrected chi connectivity index (χ0v) is 13.5. The van der Waals surface area contributed by atoms with Crippen molar-refractivity contribution in [3.05, 3.63) is 63.9 Å². The topological polar surface area (TPSA) is 61.4 Å². The Morgan fingerprint density at radius 2 is 1.96 bits per heavy atom. The van der Waals surface area contributed by atoms with Crippen molar-refractivity contribution in [2.45, 2.75) is 20.1 Å². The van der Waals surface area contributed by atoms with Gasteiger partial charge in [0.25, 0.3) is 0 Å². The Labute approximate surface area is 139 Å². The number of hydrogen-bond acceptors (Lipinski definition) is 3. The number of aryl methyl sites for hydroxylation is 1. The van der Waals surface area contributed by atoms with Crippen LogP contribution in [0.2, 0.25) is 5.02 Å². The van der Waals surface area contributed by atoms with E-state index in [-0.39, 0.29) is 31.4 Å². The third kappa shape index (κ3) is 4.94. The highest BCUT2D eigenvalue weighted by Gasteiger charge is 2.06. The molecule has 0 radical (unpaired) electrons. The molecule has 3 N–H and O–H groups in total. The van der Waals surface area contributed by atoms with Gasteiger partial charge >= 0.3 is 0 Å². The molecule has 23 heavy (non-hydrogen) atoms. The van der Waals surface area contributed by atoms with E-state index in [4.69, 9.17) is 16.7 Å². The SMILES string of the molecule is Cc1ccc(CNC(=O)CNc2cc(CO)ccc2Cl)cc1F. The predicted octanol–water partition coefficient (Wildman–Crippen LogP) is 3.01. The maximum atomic E-state index is 13.4. The minimum Gasteiger partial charge on any atom is -0.392 e. The Bertz CT molecular complexity index is 707. The average Bonchev–Trinajstić information content (AvgIpc) is 2.55. The highest BCUT2D eigenvalue weighted by Crippen LogP contribution is 2.22. The smallest absolute Gasteiger partial charge is 0.239 e. The fraction of sp³-hybridized carbons (Fsp3) is 0.235. The van der Waals surface area contributed by atoms with Crippen LogP contribution in [0, 0.1) is 12.7 Å². The van der Waals surface area contributed by atoms with Crippen LogP contribution in [0.25, 0.3) is 0 Å². The summed E-state index contributed by atoms with van der Waals surface area (Å²) in [6, 6.07) is 9.90. The average molecular weight is 337 g/mol. The summed E-state index contributed by atoms with van der Waals surface area (Å²) >= 11 is 6.02. The van der Waals surface area contributed by atoms with Crippen molar-refractivity contribution in [1.29, 1.82) is 0 Å². The molecule has 4 nitrogen and oxygen atoms in total. The second-order valence-electron chi connectivity index (χ2n) is 5.19. The molecule has 0 unspecified atom stereocenters. The number of hydrogen-bond donors (Lipinski definition) is 3. The Balaban J connectivity index is 1.86. The van der Waals surface area contributed by atoms with Gasteiger partial charge < -0.3 is 15.7 Å². The van der Waals surface area contributed by atoms with Gasteiger partial charge in [0, 0.05) is 6.54 Å². The molecule has 0 fully saturated rings. The molecule has 6 heteroatoms. The molecule has 0 spiro atoms. The molecule has 0 aliphatic heterocycles. The molecular weight excluding hydrogens is 319 g/mol. The van der Waals surface area contributed by atoms with E-state index < -0.39 is 0 Å². The van der Waals surface area contributed by atoms with Gasteiger partial charge in [-0.15, -0.1) is 0 Å². The molecule has 2 aromatic carbocycles. The second kappa shape index (κ2) is 7.94. The van der Waals surface area contributed by atoms with Crippen LogP contribution in [-0.4, -0.2) is 17.6 Å². The van der Waals surface area contributed by atoms with Crippen molar-refractivity contribution in [2.24, 2.45) is 0 Å². The Kier molecular flexibility index (Phi) is 5.96. The molecule has 0 saturated heterocycles. The number of anilines is 1. The minimum absolute atomic E-state index is 0.0307. The van der Waals surface area contributed by atoms with Crippen molar-refractivity contribution in [2.75, 3.05) is 11.9 Å². The summed E-state index contributed by atoms with van der Waals surface area (Å²) < 4.78 is 13.4. The van der Waals surface area contributed by atoms with E-state index >= 15 is 0 Å². The molecule has 122 valence electrons. The Morgan fingerprint density at radius 1 is 1.22 bits per heavy atom. The zero-order valence-electron chi connectivity index (χ0n) is 12.7. The predicted molar refractivity (Wildman–Crippen MR) is 88.8 cm³/mol. The van der Waals surface area contributed by atoms with E-state index in [1.807, 2.05) is 0 Å². The van der Waals surface area contributed by atoms with Crippen LogP contribution >= 0.6 is 11.6 Å². The largest absolute Gasteiger partial charge is 0.392 e. The second-order valence-corrected chi connectivity index (χ2v) is 5.59. The standard InChI is InChI=1S/C17H18ClFN2O2/c1-11-2-3-12(6-15(11)19)8-21-17(23)9-20-16-7-13(10-22)4-5-14(16)18/h2-7,20,22H,8-10H2,1H3,(H,21,23). The Morgan fingerprint density at radius 3 is 2.65 bits per heavy atom. The summed E-state index contributed by atoms with van der Waals surface area (Å²) in [6.45, 7) is 1.87. The van der Waals surface area contributed by atoms with Crippen molar-refractivity contribution >= 4 is 23.2 Å². The summed E-state index contributed by atoms with van der Waals surface area (Å²) in [5, 5.41) is 15.2. The van der Waals surface area contributed by atoms with Crippen LogP contribution < -0.4 is 10.6 Å². The van der Waals surface area contributed by atoms with Gasteiger partial charge in [0.15, 0.2) is 0 Å². The number of amides is 1. The third-order valence-electron chi connectivity index (χ3n) is 3.38. The fourth-order valence-corrected chi connectivity index (χ4v) is 2.18. The van der Waals surface area contributed by atoms with Crippen molar-refractivity contribution in [1.82, 2.24) is 5.32 Å². The van der Waals surface area contributed by atoms with Gasteiger partial charge in [0.1, 0.15) is 5.82 Å². The molecule has 2 rings (SSSR count). The van der Waals surface area contributed by atoms with Crippen molar-refractivity contribution in [3.63, 3.8) is 0 Å². The van der Waals surface area contributed by atoms with Gasteiger partial charge in [0.2, 0.25) is 5.91 Å². The van der Waals surface area contributed by atoms with E-state index in [9.17, 15) is 9.18 Å². The van der Waals surface area contributed by atoms with Crippen LogP contribution in [0.3, 0.4) is 0 Å². The molecule has 0 aromatic heterocycles. The van der Waals surface area contributed by atoms with Gasteiger partial charge in [-0.05, 0) is 41.8 Å². The van der Waals surface area contributed by atoms with Crippen LogP contribution in [0.15, 0.2) is 36.4 Å². The quantitative estimate of drug-likeness (QED) is 0.760. The Hall–Kier alpha value is -2.11. The van der Waals surface area contributed by atoms with Gasteiger partial charge in [-0.2, -0.15) is 0 Å². The third-order valence-corrected chi connectivity index (χ3v) is 3.71. The molecule has 0 atom stereocenters. The molecule has 0 heterocycles. The number of aliphatic hydroxyl groups is 1. The number of benzene rings is 2. The number of rotatable bonds is 6. The summed E-state index contributed by atoms with van der Waals surface area (Å²) in [6.07, 6.45) is 0. The number of halogens is 2. The molecular formula is C17H18ClFN2O2. The summed E-state index contributed by atoms with van der Waals surface area (Å²) in [5.74, 6) is -0.529. The first-order valence-electron chi connectivity index (χ1n) is 7.14. The lowest BCUT2D eigenvalue weighted by Crippen LogP contribution is -2.29. The highest BCUT2D eigenvalue weighted by molar-refractivity contribution is 6.33. The number of nitrogens with one attached hydrogen (secondary N) is 2. The van der Waals surface area contributed by atoms with Gasteiger partial charge in [-0.25, -0.2) is 4.39 Å². The van der Waals surface area contributed by atoms with Gasteiger partial charge in [-0.3, -0.25) is 4.79 Å². The lowest BCUT2D eigenvalue weighted by atomic mass is 10.1. The number of aliphatic hydroxyl groups excluding tert-OH is 1. The van der Waals surface area contributed by atoms with Gasteiger partial charge in [0.05, 0.1) is 23.9 Å². The molecule has 0 aliphatic carbocycles. The maximum Gasteiger partial charge on any atom is 0.239 e. The van der Waals surface area contributed by atoms with E-state index in [1.54, 1.807) is 37.3 Å². The lowest BCUT2D eigenvalue weighted by molar-refractivity contribution is -0.119. The summed E-state index contributed by atoms with van der Waals surface area (Å²) in [5.41, 5.74) is 2.55. The van der Waals surface area contributed by atoms with Gasteiger partial charge in [-0.1, -0.05) is 29.8 Å². The van der Waals surface area contributed by atoms with Crippen molar-refractivity contribution < 1.29 is 14.3 Å². The summed E-state index contributed by atoms with van der Waals surface area (Å²) in [7, 11) is 0. The van der Waals surface area contributed by atoms with E-state index in [0.717, 1.165) is 0 Å². The fourth-order valence-electron chi connectivity index (χ4n) is 1.99. The van der Waals surface area contributed by atoms with Crippen molar-refractivity contribution in [3.8, 4) is 0 Å². The first-order valence-corrected chi connectivity index (χ1v) is 7.52.